The first-order chi connectivity index (χ1) is 15.0. The van der Waals surface area contributed by atoms with Crippen LogP contribution in [0.3, 0.4) is 0 Å². The fourth-order valence-electron chi connectivity index (χ4n) is 4.22. The molecular formula is C24H31N5O2. The molecule has 2 atom stereocenters. The first kappa shape index (κ1) is 21.3. The topological polar surface area (TPSA) is 95.1 Å². The van der Waals surface area contributed by atoms with Crippen LogP contribution in [-0.2, 0) is 22.7 Å². The van der Waals surface area contributed by atoms with Crippen LogP contribution >= 0.6 is 0 Å². The number of imidazole rings is 1. The number of anilines is 1. The molecule has 0 aliphatic heterocycles. The highest BCUT2D eigenvalue weighted by molar-refractivity contribution is 5.88. The number of hydrogen-bond acceptors (Lipinski definition) is 5. The van der Waals surface area contributed by atoms with E-state index in [-0.39, 0.29) is 11.8 Å². The highest BCUT2D eigenvalue weighted by Gasteiger charge is 2.43. The minimum atomic E-state index is 0.0979. The Hall–Kier alpha value is -2.93. The number of aromatic nitrogens is 3. The zero-order chi connectivity index (χ0) is 22.0. The highest BCUT2D eigenvalue weighted by Crippen LogP contribution is 2.47. The Kier molecular flexibility index (Phi) is 6.23. The molecule has 164 valence electrons. The van der Waals surface area contributed by atoms with Gasteiger partial charge in [0.1, 0.15) is 17.9 Å². The van der Waals surface area contributed by atoms with E-state index in [2.05, 4.69) is 27.0 Å². The number of fused-ring (bicyclic) bond motifs is 1. The molecule has 0 spiro atoms. The van der Waals surface area contributed by atoms with E-state index in [1.165, 1.54) is 5.56 Å². The van der Waals surface area contributed by atoms with Gasteiger partial charge in [0.05, 0.1) is 5.52 Å². The second kappa shape index (κ2) is 9.06. The number of hydrogen-bond donors (Lipinski definition) is 2. The lowest BCUT2D eigenvalue weighted by Gasteiger charge is -2.12. The molecule has 0 bridgehead atoms. The van der Waals surface area contributed by atoms with Crippen LogP contribution in [0, 0.1) is 19.8 Å². The second-order valence-electron chi connectivity index (χ2n) is 8.23. The van der Waals surface area contributed by atoms with Crippen molar-refractivity contribution >= 4 is 22.8 Å². The number of nitrogens with two attached hydrogens (primary N) is 1. The number of rotatable bonds is 9. The van der Waals surface area contributed by atoms with Crippen LogP contribution in [0.15, 0.2) is 30.3 Å². The van der Waals surface area contributed by atoms with E-state index in [4.69, 9.17) is 15.5 Å². The third kappa shape index (κ3) is 4.42. The fourth-order valence-corrected chi connectivity index (χ4v) is 4.22. The monoisotopic (exact) mass is 421 g/mol. The molecule has 3 N–H and O–H groups in total. The molecule has 1 saturated carbocycles. The quantitative estimate of drug-likeness (QED) is 0.516. The number of amides is 1. The molecule has 1 amide bonds. The van der Waals surface area contributed by atoms with E-state index in [1.54, 1.807) is 0 Å². The van der Waals surface area contributed by atoms with E-state index in [0.29, 0.717) is 31.5 Å². The molecule has 1 aromatic carbocycles. The Labute approximate surface area is 183 Å². The predicted octanol–water partition coefficient (Wildman–Crippen LogP) is 3.48. The molecule has 3 aromatic rings. The van der Waals surface area contributed by atoms with Gasteiger partial charge in [0.25, 0.3) is 0 Å². The van der Waals surface area contributed by atoms with Crippen LogP contribution in [0.5, 0.6) is 0 Å². The highest BCUT2D eigenvalue weighted by atomic mass is 16.5. The van der Waals surface area contributed by atoms with E-state index in [0.717, 1.165) is 47.5 Å². The number of nitrogen functional groups attached to an aromatic ring is 1. The van der Waals surface area contributed by atoms with Crippen LogP contribution in [0.25, 0.3) is 11.0 Å². The molecule has 7 nitrogen and oxygen atoms in total. The third-order valence-electron chi connectivity index (χ3n) is 6.12. The van der Waals surface area contributed by atoms with Crippen molar-refractivity contribution in [3.63, 3.8) is 0 Å². The lowest BCUT2D eigenvalue weighted by Crippen LogP contribution is -2.27. The average Bonchev–Trinajstić information content (AvgIpc) is 3.49. The van der Waals surface area contributed by atoms with E-state index in [1.807, 2.05) is 39.0 Å². The van der Waals surface area contributed by atoms with Gasteiger partial charge in [-0.2, -0.15) is 0 Å². The average molecular weight is 422 g/mol. The Morgan fingerprint density at radius 1 is 1.26 bits per heavy atom. The Morgan fingerprint density at radius 3 is 2.77 bits per heavy atom. The summed E-state index contributed by atoms with van der Waals surface area (Å²) in [7, 11) is 0. The minimum Gasteiger partial charge on any atom is -0.382 e. The molecule has 2 aromatic heterocycles. The van der Waals surface area contributed by atoms with Gasteiger partial charge in [-0.05, 0) is 50.7 Å². The summed E-state index contributed by atoms with van der Waals surface area (Å²) in [5, 5.41) is 3.11. The number of carbonyl (C=O) groups is 1. The van der Waals surface area contributed by atoms with Crippen LogP contribution in [0.2, 0.25) is 0 Å². The Morgan fingerprint density at radius 2 is 2.03 bits per heavy atom. The number of aryl methyl sites for hydroxylation is 3. The van der Waals surface area contributed by atoms with Crippen LogP contribution in [0.1, 0.15) is 48.3 Å². The molecule has 0 radical (unpaired) electrons. The Balaban J connectivity index is 1.40. The maximum atomic E-state index is 12.5. The number of benzene rings is 1. The van der Waals surface area contributed by atoms with Gasteiger partial charge in [-0.25, -0.2) is 9.97 Å². The summed E-state index contributed by atoms with van der Waals surface area (Å²) in [5.74, 6) is 1.90. The zero-order valence-corrected chi connectivity index (χ0v) is 18.5. The third-order valence-corrected chi connectivity index (χ3v) is 6.12. The first-order valence-electron chi connectivity index (χ1n) is 11.0. The van der Waals surface area contributed by atoms with Crippen molar-refractivity contribution in [1.82, 2.24) is 19.9 Å². The second-order valence-corrected chi connectivity index (χ2v) is 8.23. The van der Waals surface area contributed by atoms with Crippen molar-refractivity contribution in [3.8, 4) is 0 Å². The van der Waals surface area contributed by atoms with Crippen molar-refractivity contribution in [2.75, 3.05) is 18.9 Å². The van der Waals surface area contributed by atoms with Gasteiger partial charge in [0, 0.05) is 31.3 Å². The SMILES string of the molecule is CCOCc1nc2c(N)nc(C)c(C)c2n1CCCNC(=O)[C@@H]1C[C@H]1c1ccccc1. The predicted molar refractivity (Wildman–Crippen MR) is 122 cm³/mol. The molecule has 4 rings (SSSR count). The van der Waals surface area contributed by atoms with Gasteiger partial charge in [-0.15, -0.1) is 0 Å². The molecular weight excluding hydrogens is 390 g/mol. The smallest absolute Gasteiger partial charge is 0.223 e. The van der Waals surface area contributed by atoms with Gasteiger partial charge in [-0.1, -0.05) is 30.3 Å². The minimum absolute atomic E-state index is 0.0979. The molecule has 0 saturated heterocycles. The summed E-state index contributed by atoms with van der Waals surface area (Å²) < 4.78 is 7.79. The van der Waals surface area contributed by atoms with E-state index < -0.39 is 0 Å². The largest absolute Gasteiger partial charge is 0.382 e. The summed E-state index contributed by atoms with van der Waals surface area (Å²) in [4.78, 5) is 21.7. The van der Waals surface area contributed by atoms with Crippen molar-refractivity contribution in [2.45, 2.75) is 52.7 Å². The molecule has 1 aliphatic rings. The number of carbonyl (C=O) groups excluding carboxylic acids is 1. The summed E-state index contributed by atoms with van der Waals surface area (Å²) >= 11 is 0. The van der Waals surface area contributed by atoms with Gasteiger partial charge < -0.3 is 20.4 Å². The van der Waals surface area contributed by atoms with Crippen molar-refractivity contribution in [1.29, 1.82) is 0 Å². The van der Waals surface area contributed by atoms with Gasteiger partial charge in [-0.3, -0.25) is 4.79 Å². The summed E-state index contributed by atoms with van der Waals surface area (Å²) in [6.07, 6.45) is 1.74. The van der Waals surface area contributed by atoms with Crippen LogP contribution in [-0.4, -0.2) is 33.6 Å². The molecule has 1 fully saturated rings. The number of nitrogens with zero attached hydrogens (tertiary/aromatic N) is 3. The number of ether oxygens (including phenoxy) is 1. The van der Waals surface area contributed by atoms with E-state index in [9.17, 15) is 4.79 Å². The van der Waals surface area contributed by atoms with Gasteiger partial charge >= 0.3 is 0 Å². The Bertz CT molecular complexity index is 1080. The molecule has 2 heterocycles. The lowest BCUT2D eigenvalue weighted by molar-refractivity contribution is -0.122. The summed E-state index contributed by atoms with van der Waals surface area (Å²) in [6, 6.07) is 10.3. The standard InChI is InChI=1S/C24H31N5O2/c1-4-31-14-20-28-21-22(15(2)16(3)27-23(21)25)29(20)12-8-11-26-24(30)19-13-18(19)17-9-6-5-7-10-17/h5-7,9-10,18-19H,4,8,11-14H2,1-3H3,(H2,25,27)(H,26,30)/t18-,19+/m0/s1. The van der Waals surface area contributed by atoms with E-state index >= 15 is 0 Å². The van der Waals surface area contributed by atoms with Crippen LogP contribution < -0.4 is 11.1 Å². The van der Waals surface area contributed by atoms with Crippen LogP contribution in [0.4, 0.5) is 5.82 Å². The summed E-state index contributed by atoms with van der Waals surface area (Å²) in [6.45, 7) is 8.38. The number of pyridine rings is 1. The summed E-state index contributed by atoms with van der Waals surface area (Å²) in [5.41, 5.74) is 11.1. The van der Waals surface area contributed by atoms with Crippen molar-refractivity contribution in [3.05, 3.63) is 53.0 Å². The molecule has 31 heavy (non-hydrogen) atoms. The molecule has 1 aliphatic carbocycles. The maximum absolute atomic E-state index is 12.5. The lowest BCUT2D eigenvalue weighted by atomic mass is 10.1. The van der Waals surface area contributed by atoms with Gasteiger partial charge in [0.15, 0.2) is 5.82 Å². The van der Waals surface area contributed by atoms with Crippen molar-refractivity contribution < 1.29 is 9.53 Å². The van der Waals surface area contributed by atoms with Gasteiger partial charge in [0.2, 0.25) is 5.91 Å². The zero-order valence-electron chi connectivity index (χ0n) is 18.5. The first-order valence-corrected chi connectivity index (χ1v) is 11.0. The maximum Gasteiger partial charge on any atom is 0.223 e. The van der Waals surface area contributed by atoms with Crippen molar-refractivity contribution in [2.24, 2.45) is 5.92 Å². The fraction of sp³-hybridized carbons (Fsp3) is 0.458. The molecule has 0 unspecified atom stereocenters. The number of nitrogens with one attached hydrogen (secondary N) is 1. The molecule has 7 heteroatoms. The normalized spacial score (nSPS) is 17.8.